The Morgan fingerprint density at radius 2 is 1.64 bits per heavy atom. The molecule has 5 nitrogen and oxygen atoms in total. The molecule has 1 aliphatic heterocycles. The zero-order valence-electron chi connectivity index (χ0n) is 17.1. The first-order valence-electron chi connectivity index (χ1n) is 9.91. The Kier molecular flexibility index (Phi) is 5.98. The molecule has 4 rings (SSSR count). The Balaban J connectivity index is 1.57. The summed E-state index contributed by atoms with van der Waals surface area (Å²) in [5.74, 6) is -1.47. The molecule has 0 bridgehead atoms. The number of halogens is 4. The van der Waals surface area contributed by atoms with E-state index < -0.39 is 39.1 Å². The largest absolute Gasteiger partial charge is 0.417 e. The highest BCUT2D eigenvalue weighted by atomic mass is 32.2. The average molecular weight is 478 g/mol. The van der Waals surface area contributed by atoms with Gasteiger partial charge in [-0.1, -0.05) is 18.2 Å². The summed E-state index contributed by atoms with van der Waals surface area (Å²) in [6.45, 7) is 0.231. The standard InChI is InChI=1S/C23H18F4N2O3S/c24-17-6-9-19(10-7-17)33(31,32)29-12-11-15-5-8-18(13-16(15)14-29)28-22(30)20-3-1-2-4-21(20)23(25,26)27/h1-10,13H,11-12,14H2,(H,28,30). The van der Waals surface area contributed by atoms with Gasteiger partial charge in [0.05, 0.1) is 16.0 Å². The number of fused-ring (bicyclic) bond motifs is 1. The van der Waals surface area contributed by atoms with Crippen LogP contribution in [0.5, 0.6) is 0 Å². The number of alkyl halides is 3. The Labute approximate surface area is 187 Å². The highest BCUT2D eigenvalue weighted by molar-refractivity contribution is 7.89. The molecule has 3 aromatic rings. The Morgan fingerprint density at radius 3 is 2.33 bits per heavy atom. The van der Waals surface area contributed by atoms with Crippen molar-refractivity contribution in [2.45, 2.75) is 24.0 Å². The fourth-order valence-corrected chi connectivity index (χ4v) is 5.12. The van der Waals surface area contributed by atoms with E-state index in [0.717, 1.165) is 29.8 Å². The number of anilines is 1. The first kappa shape index (κ1) is 22.9. The predicted molar refractivity (Wildman–Crippen MR) is 114 cm³/mol. The van der Waals surface area contributed by atoms with Crippen LogP contribution in [0.15, 0.2) is 71.6 Å². The number of hydrogen-bond donors (Lipinski definition) is 1. The Hall–Kier alpha value is -3.24. The molecule has 0 atom stereocenters. The van der Waals surface area contributed by atoms with Gasteiger partial charge in [-0.2, -0.15) is 17.5 Å². The Morgan fingerprint density at radius 1 is 0.939 bits per heavy atom. The van der Waals surface area contributed by atoms with Gasteiger partial charge in [-0.15, -0.1) is 0 Å². The molecular formula is C23H18F4N2O3S. The summed E-state index contributed by atoms with van der Waals surface area (Å²) < 4.78 is 79.9. The molecule has 1 amide bonds. The SMILES string of the molecule is O=C(Nc1ccc2c(c1)CN(S(=O)(=O)c1ccc(F)cc1)CC2)c1ccccc1C(F)(F)F. The van der Waals surface area contributed by atoms with Crippen molar-refractivity contribution in [1.82, 2.24) is 4.31 Å². The molecular weight excluding hydrogens is 460 g/mol. The number of sulfonamides is 1. The lowest BCUT2D eigenvalue weighted by molar-refractivity contribution is -0.137. The van der Waals surface area contributed by atoms with Crippen LogP contribution < -0.4 is 5.32 Å². The Bertz CT molecular complexity index is 1310. The summed E-state index contributed by atoms with van der Waals surface area (Å²) >= 11 is 0. The molecule has 0 fully saturated rings. The molecule has 3 aromatic carbocycles. The van der Waals surface area contributed by atoms with Crippen molar-refractivity contribution in [1.29, 1.82) is 0 Å². The van der Waals surface area contributed by atoms with Crippen LogP contribution in [-0.2, 0) is 29.2 Å². The van der Waals surface area contributed by atoms with E-state index in [2.05, 4.69) is 5.32 Å². The molecule has 33 heavy (non-hydrogen) atoms. The second-order valence-electron chi connectivity index (χ2n) is 7.52. The minimum Gasteiger partial charge on any atom is -0.322 e. The van der Waals surface area contributed by atoms with E-state index in [0.29, 0.717) is 12.0 Å². The lowest BCUT2D eigenvalue weighted by Gasteiger charge is -2.28. The summed E-state index contributed by atoms with van der Waals surface area (Å²) in [4.78, 5) is 12.5. The van der Waals surface area contributed by atoms with E-state index in [9.17, 15) is 30.8 Å². The highest BCUT2D eigenvalue weighted by Gasteiger charge is 2.35. The number of nitrogens with zero attached hydrogens (tertiary/aromatic N) is 1. The van der Waals surface area contributed by atoms with Crippen LogP contribution in [0.3, 0.4) is 0 Å². The van der Waals surface area contributed by atoms with Gasteiger partial charge in [0.25, 0.3) is 5.91 Å². The number of nitrogens with one attached hydrogen (secondary N) is 1. The maximum Gasteiger partial charge on any atom is 0.417 e. The van der Waals surface area contributed by atoms with Gasteiger partial charge >= 0.3 is 6.18 Å². The number of carbonyl (C=O) groups excluding carboxylic acids is 1. The third-order valence-electron chi connectivity index (χ3n) is 5.37. The molecule has 1 N–H and O–H groups in total. The lowest BCUT2D eigenvalue weighted by atomic mass is 10.00. The molecule has 0 unspecified atom stereocenters. The normalized spacial score (nSPS) is 14.5. The van der Waals surface area contributed by atoms with Crippen LogP contribution in [0.4, 0.5) is 23.2 Å². The van der Waals surface area contributed by atoms with Crippen LogP contribution >= 0.6 is 0 Å². The summed E-state index contributed by atoms with van der Waals surface area (Å²) in [6, 6.07) is 13.8. The van der Waals surface area contributed by atoms with E-state index in [-0.39, 0.29) is 23.7 Å². The molecule has 0 spiro atoms. The first-order valence-corrected chi connectivity index (χ1v) is 11.3. The van der Waals surface area contributed by atoms with E-state index in [1.165, 1.54) is 28.6 Å². The van der Waals surface area contributed by atoms with Crippen LogP contribution in [-0.4, -0.2) is 25.2 Å². The number of carbonyl (C=O) groups is 1. The molecule has 0 radical (unpaired) electrons. The predicted octanol–water partition coefficient (Wildman–Crippen LogP) is 4.84. The quantitative estimate of drug-likeness (QED) is 0.546. The zero-order valence-corrected chi connectivity index (χ0v) is 17.9. The average Bonchev–Trinajstić information content (AvgIpc) is 2.78. The number of rotatable bonds is 4. The third-order valence-corrected chi connectivity index (χ3v) is 7.23. The maximum atomic E-state index is 13.2. The third kappa shape index (κ3) is 4.76. The molecule has 1 aliphatic rings. The monoisotopic (exact) mass is 478 g/mol. The number of benzene rings is 3. The molecule has 0 aliphatic carbocycles. The highest BCUT2D eigenvalue weighted by Crippen LogP contribution is 2.32. The molecule has 0 saturated heterocycles. The van der Waals surface area contributed by atoms with Gasteiger partial charge in [0.15, 0.2) is 0 Å². The van der Waals surface area contributed by atoms with E-state index in [1.807, 2.05) is 0 Å². The van der Waals surface area contributed by atoms with Gasteiger partial charge in [0, 0.05) is 18.8 Å². The van der Waals surface area contributed by atoms with Crippen molar-refractivity contribution in [3.05, 3.63) is 94.8 Å². The fraction of sp³-hybridized carbons (Fsp3) is 0.174. The van der Waals surface area contributed by atoms with Crippen LogP contribution in [0, 0.1) is 5.82 Å². The molecule has 1 heterocycles. The topological polar surface area (TPSA) is 66.5 Å². The van der Waals surface area contributed by atoms with Crippen molar-refractivity contribution in [2.75, 3.05) is 11.9 Å². The van der Waals surface area contributed by atoms with E-state index in [4.69, 9.17) is 0 Å². The van der Waals surface area contributed by atoms with Gasteiger partial charge in [-0.25, -0.2) is 12.8 Å². The van der Waals surface area contributed by atoms with E-state index in [1.54, 1.807) is 18.2 Å². The van der Waals surface area contributed by atoms with Gasteiger partial charge < -0.3 is 5.32 Å². The second kappa shape index (κ2) is 8.60. The van der Waals surface area contributed by atoms with Crippen LogP contribution in [0.2, 0.25) is 0 Å². The number of amides is 1. The van der Waals surface area contributed by atoms with Crippen molar-refractivity contribution < 1.29 is 30.8 Å². The van der Waals surface area contributed by atoms with Crippen LogP contribution in [0.25, 0.3) is 0 Å². The molecule has 10 heteroatoms. The van der Waals surface area contributed by atoms with Crippen LogP contribution in [0.1, 0.15) is 27.0 Å². The minimum absolute atomic E-state index is 0.0118. The zero-order chi connectivity index (χ0) is 23.8. The molecule has 0 saturated carbocycles. The molecule has 172 valence electrons. The summed E-state index contributed by atoms with van der Waals surface area (Å²) in [5, 5.41) is 2.46. The number of hydrogen-bond acceptors (Lipinski definition) is 3. The van der Waals surface area contributed by atoms with Gasteiger partial charge in [0.2, 0.25) is 10.0 Å². The van der Waals surface area contributed by atoms with E-state index >= 15 is 0 Å². The smallest absolute Gasteiger partial charge is 0.322 e. The van der Waals surface area contributed by atoms with Crippen molar-refractivity contribution >= 4 is 21.6 Å². The molecule has 0 aromatic heterocycles. The fourth-order valence-electron chi connectivity index (χ4n) is 3.70. The summed E-state index contributed by atoms with van der Waals surface area (Å²) in [5.41, 5.74) is 0.181. The van der Waals surface area contributed by atoms with Gasteiger partial charge in [0.1, 0.15) is 5.82 Å². The lowest BCUT2D eigenvalue weighted by Crippen LogP contribution is -2.36. The second-order valence-corrected chi connectivity index (χ2v) is 9.46. The van der Waals surface area contributed by atoms with Crippen molar-refractivity contribution in [3.63, 3.8) is 0 Å². The van der Waals surface area contributed by atoms with Crippen molar-refractivity contribution in [3.8, 4) is 0 Å². The maximum absolute atomic E-state index is 13.2. The minimum atomic E-state index is -4.68. The van der Waals surface area contributed by atoms with Crippen molar-refractivity contribution in [2.24, 2.45) is 0 Å². The van der Waals surface area contributed by atoms with Gasteiger partial charge in [-0.05, 0) is 66.1 Å². The summed E-state index contributed by atoms with van der Waals surface area (Å²) in [6.07, 6.45) is -4.26. The first-order chi connectivity index (χ1) is 15.6. The van der Waals surface area contributed by atoms with Gasteiger partial charge in [-0.3, -0.25) is 4.79 Å². The summed E-state index contributed by atoms with van der Waals surface area (Å²) in [7, 11) is -3.87.